The molecule has 0 fully saturated rings. The Kier molecular flexibility index (Phi) is 3.39. The van der Waals surface area contributed by atoms with Crippen molar-refractivity contribution in [2.45, 2.75) is 26.4 Å². The Morgan fingerprint density at radius 3 is 2.47 bits per heavy atom. The summed E-state index contributed by atoms with van der Waals surface area (Å²) in [5.41, 5.74) is 5.99. The minimum absolute atomic E-state index is 0.382. The fourth-order valence-electron chi connectivity index (χ4n) is 1.09. The van der Waals surface area contributed by atoms with E-state index in [1.165, 1.54) is 0 Å². The number of hydrogen-bond donors (Lipinski definition) is 1. The molecule has 0 saturated heterocycles. The lowest BCUT2D eigenvalue weighted by atomic mass is 10.1. The van der Waals surface area contributed by atoms with E-state index in [-0.39, 0.29) is 0 Å². The highest BCUT2D eigenvalue weighted by atomic mass is 79.9. The molecule has 0 aliphatic heterocycles. The number of rotatable bonds is 1. The first-order valence-corrected chi connectivity index (χ1v) is 5.38. The average Bonchev–Trinajstić information content (AvgIpc) is 1.99. The first-order chi connectivity index (χ1) is 6.81. The average molecular weight is 272 g/mol. The molecule has 0 aliphatic carbocycles. The van der Waals surface area contributed by atoms with E-state index in [9.17, 15) is 4.79 Å². The Labute approximate surface area is 97.7 Å². The smallest absolute Gasteiger partial charge is 0.341 e. The zero-order valence-corrected chi connectivity index (χ0v) is 10.6. The number of ether oxygens (including phenoxy) is 1. The first kappa shape index (κ1) is 12.0. The summed E-state index contributed by atoms with van der Waals surface area (Å²) in [7, 11) is 0. The number of nitrogens with two attached hydrogens (primary N) is 1. The van der Waals surface area contributed by atoms with Gasteiger partial charge in [0.1, 0.15) is 5.60 Å². The lowest BCUT2D eigenvalue weighted by Gasteiger charge is -2.20. The molecule has 82 valence electrons. The molecule has 1 aromatic rings. The van der Waals surface area contributed by atoms with Crippen molar-refractivity contribution in [3.63, 3.8) is 0 Å². The molecule has 0 saturated carbocycles. The number of esters is 1. The summed E-state index contributed by atoms with van der Waals surface area (Å²) in [6.45, 7) is 5.45. The van der Waals surface area contributed by atoms with Gasteiger partial charge >= 0.3 is 5.97 Å². The molecule has 0 radical (unpaired) electrons. The van der Waals surface area contributed by atoms with Crippen LogP contribution in [0.5, 0.6) is 0 Å². The van der Waals surface area contributed by atoms with Crippen molar-refractivity contribution in [2.75, 3.05) is 5.73 Å². The van der Waals surface area contributed by atoms with Crippen LogP contribution in [0.1, 0.15) is 31.1 Å². The van der Waals surface area contributed by atoms with Crippen LogP contribution in [-0.2, 0) is 4.74 Å². The molecule has 3 nitrogen and oxygen atoms in total. The lowest BCUT2D eigenvalue weighted by molar-refractivity contribution is 0.00698. The van der Waals surface area contributed by atoms with Crippen LogP contribution < -0.4 is 5.73 Å². The molecule has 1 aromatic carbocycles. The van der Waals surface area contributed by atoms with Crippen molar-refractivity contribution in [3.8, 4) is 0 Å². The zero-order chi connectivity index (χ0) is 11.6. The maximum Gasteiger partial charge on any atom is 0.341 e. The number of halogens is 1. The minimum atomic E-state index is -0.515. The quantitative estimate of drug-likeness (QED) is 0.631. The van der Waals surface area contributed by atoms with Crippen molar-refractivity contribution in [1.82, 2.24) is 0 Å². The van der Waals surface area contributed by atoms with Crippen LogP contribution in [0.2, 0.25) is 0 Å². The van der Waals surface area contributed by atoms with E-state index in [1.54, 1.807) is 18.2 Å². The van der Waals surface area contributed by atoms with Crippen LogP contribution in [0.3, 0.4) is 0 Å². The fourth-order valence-corrected chi connectivity index (χ4v) is 1.63. The molecule has 0 heterocycles. The predicted molar refractivity (Wildman–Crippen MR) is 63.7 cm³/mol. The van der Waals surface area contributed by atoms with Gasteiger partial charge in [-0.05, 0) is 48.8 Å². The molecular formula is C11H14BrNO2. The topological polar surface area (TPSA) is 52.3 Å². The summed E-state index contributed by atoms with van der Waals surface area (Å²) in [6, 6.07) is 5.20. The van der Waals surface area contributed by atoms with Crippen molar-refractivity contribution in [3.05, 3.63) is 28.2 Å². The maximum atomic E-state index is 11.8. The fraction of sp³-hybridized carbons (Fsp3) is 0.364. The molecule has 15 heavy (non-hydrogen) atoms. The molecule has 0 atom stereocenters. The number of hydrogen-bond acceptors (Lipinski definition) is 3. The van der Waals surface area contributed by atoms with Gasteiger partial charge in [-0.2, -0.15) is 0 Å². The Balaban J connectivity index is 3.02. The second-order valence-electron chi connectivity index (χ2n) is 4.21. The van der Waals surface area contributed by atoms with Gasteiger partial charge < -0.3 is 10.5 Å². The van der Waals surface area contributed by atoms with Crippen molar-refractivity contribution in [2.24, 2.45) is 0 Å². The number of nitrogen functional groups attached to an aromatic ring is 1. The van der Waals surface area contributed by atoms with Crippen molar-refractivity contribution in [1.29, 1.82) is 0 Å². The molecule has 0 amide bonds. The normalized spacial score (nSPS) is 11.2. The van der Waals surface area contributed by atoms with Crippen molar-refractivity contribution < 1.29 is 9.53 Å². The van der Waals surface area contributed by atoms with E-state index in [0.717, 1.165) is 0 Å². The van der Waals surface area contributed by atoms with Gasteiger partial charge in [-0.1, -0.05) is 6.07 Å². The SMILES string of the molecule is CC(C)(C)OC(=O)c1c(N)cccc1Br. The highest BCUT2D eigenvalue weighted by Crippen LogP contribution is 2.25. The molecule has 1 rings (SSSR count). The summed E-state index contributed by atoms with van der Waals surface area (Å²) in [5.74, 6) is -0.410. The molecule has 0 bridgehead atoms. The van der Waals surface area contributed by atoms with Gasteiger partial charge in [0, 0.05) is 10.2 Å². The Bertz CT molecular complexity index is 362. The molecule has 2 N–H and O–H groups in total. The van der Waals surface area contributed by atoms with E-state index in [4.69, 9.17) is 10.5 Å². The number of benzene rings is 1. The molecule has 0 spiro atoms. The lowest BCUT2D eigenvalue weighted by Crippen LogP contribution is -2.24. The molecule has 0 unspecified atom stereocenters. The third-order valence-electron chi connectivity index (χ3n) is 1.65. The summed E-state index contributed by atoms with van der Waals surface area (Å²) in [4.78, 5) is 11.8. The van der Waals surface area contributed by atoms with E-state index < -0.39 is 11.6 Å². The van der Waals surface area contributed by atoms with Crippen LogP contribution in [-0.4, -0.2) is 11.6 Å². The van der Waals surface area contributed by atoms with Crippen molar-refractivity contribution >= 4 is 27.6 Å². The van der Waals surface area contributed by atoms with Gasteiger partial charge in [0.25, 0.3) is 0 Å². The van der Waals surface area contributed by atoms with Crippen LogP contribution in [0.25, 0.3) is 0 Å². The van der Waals surface area contributed by atoms with E-state index in [1.807, 2.05) is 20.8 Å². The molecular weight excluding hydrogens is 258 g/mol. The molecule has 4 heteroatoms. The minimum Gasteiger partial charge on any atom is -0.456 e. The highest BCUT2D eigenvalue weighted by Gasteiger charge is 2.21. The summed E-state index contributed by atoms with van der Waals surface area (Å²) < 4.78 is 5.89. The molecule has 0 aromatic heterocycles. The van der Waals surface area contributed by atoms with Crippen LogP contribution >= 0.6 is 15.9 Å². The Morgan fingerprint density at radius 1 is 1.40 bits per heavy atom. The first-order valence-electron chi connectivity index (χ1n) is 4.58. The largest absolute Gasteiger partial charge is 0.456 e. The van der Waals surface area contributed by atoms with Gasteiger partial charge in [0.15, 0.2) is 0 Å². The standard InChI is InChI=1S/C11H14BrNO2/c1-11(2,3)15-10(14)9-7(12)5-4-6-8(9)13/h4-6H,13H2,1-3H3. The van der Waals surface area contributed by atoms with Gasteiger partial charge in [0.2, 0.25) is 0 Å². The number of carbonyl (C=O) groups excluding carboxylic acids is 1. The van der Waals surface area contributed by atoms with Crippen LogP contribution in [0.15, 0.2) is 22.7 Å². The third-order valence-corrected chi connectivity index (χ3v) is 2.31. The summed E-state index contributed by atoms with van der Waals surface area (Å²) in [5, 5.41) is 0. The predicted octanol–water partition coefficient (Wildman–Crippen LogP) is 2.99. The highest BCUT2D eigenvalue weighted by molar-refractivity contribution is 9.10. The second kappa shape index (κ2) is 4.23. The Morgan fingerprint density at radius 2 is 2.00 bits per heavy atom. The second-order valence-corrected chi connectivity index (χ2v) is 5.06. The molecule has 0 aliphatic rings. The van der Waals surface area contributed by atoms with E-state index >= 15 is 0 Å². The number of anilines is 1. The van der Waals surface area contributed by atoms with Gasteiger partial charge in [-0.15, -0.1) is 0 Å². The van der Waals surface area contributed by atoms with E-state index in [0.29, 0.717) is 15.7 Å². The number of carbonyl (C=O) groups is 1. The summed E-state index contributed by atoms with van der Waals surface area (Å²) >= 11 is 3.27. The van der Waals surface area contributed by atoms with Crippen LogP contribution in [0.4, 0.5) is 5.69 Å². The van der Waals surface area contributed by atoms with Gasteiger partial charge in [-0.3, -0.25) is 0 Å². The van der Waals surface area contributed by atoms with Gasteiger partial charge in [0.05, 0.1) is 5.56 Å². The maximum absolute atomic E-state index is 11.8. The Hall–Kier alpha value is -1.03. The zero-order valence-electron chi connectivity index (χ0n) is 9.00. The summed E-state index contributed by atoms with van der Waals surface area (Å²) in [6.07, 6.45) is 0. The van der Waals surface area contributed by atoms with Crippen LogP contribution in [0, 0.1) is 0 Å². The van der Waals surface area contributed by atoms with Gasteiger partial charge in [-0.25, -0.2) is 4.79 Å². The monoisotopic (exact) mass is 271 g/mol. The third kappa shape index (κ3) is 3.23. The van der Waals surface area contributed by atoms with E-state index in [2.05, 4.69) is 15.9 Å².